The Bertz CT molecular complexity index is 908. The molecule has 0 spiro atoms. The van der Waals surface area contributed by atoms with Gasteiger partial charge in [0.25, 0.3) is 0 Å². The number of carbonyl (C=O) groups excluding carboxylic acids is 2. The molecule has 3 rings (SSSR count). The fraction of sp³-hybridized carbons (Fsp3) is 0.526. The van der Waals surface area contributed by atoms with E-state index in [0.29, 0.717) is 17.2 Å². The van der Waals surface area contributed by atoms with Crippen LogP contribution in [0.15, 0.2) is 12.3 Å². The lowest BCUT2D eigenvalue weighted by atomic mass is 10.0. The fourth-order valence-electron chi connectivity index (χ4n) is 3.43. The Labute approximate surface area is 167 Å². The molecule has 0 bridgehead atoms. The lowest BCUT2D eigenvalue weighted by Crippen LogP contribution is -2.46. The maximum Gasteiger partial charge on any atom is 0.240 e. The molecule has 1 aliphatic heterocycles. The van der Waals surface area contributed by atoms with Crippen LogP contribution in [-0.2, 0) is 21.7 Å². The van der Waals surface area contributed by atoms with Gasteiger partial charge in [0, 0.05) is 12.7 Å². The number of likely N-dealkylation sites (tertiary alicyclic amines) is 1. The van der Waals surface area contributed by atoms with Crippen molar-refractivity contribution in [3.8, 4) is 10.6 Å². The number of alkyl halides is 1. The van der Waals surface area contributed by atoms with Gasteiger partial charge >= 0.3 is 0 Å². The molecule has 7 nitrogen and oxygen atoms in total. The predicted molar refractivity (Wildman–Crippen MR) is 104 cm³/mol. The van der Waals surface area contributed by atoms with E-state index in [2.05, 4.69) is 15.0 Å². The van der Waals surface area contributed by atoms with Crippen LogP contribution in [0.5, 0.6) is 0 Å². The second-order valence-electron chi connectivity index (χ2n) is 7.64. The van der Waals surface area contributed by atoms with Gasteiger partial charge in [-0.3, -0.25) is 9.59 Å². The van der Waals surface area contributed by atoms with Crippen molar-refractivity contribution in [1.29, 1.82) is 0 Å². The maximum absolute atomic E-state index is 14.2. The van der Waals surface area contributed by atoms with Gasteiger partial charge in [-0.05, 0) is 39.2 Å². The van der Waals surface area contributed by atoms with E-state index in [1.165, 1.54) is 31.4 Å². The SMILES string of the molecule is Cc1nc(CC(=O)N2CC[C@@H](C)[C@H]2C(N)=O)sc1-c1ccnc(C(C)(C)F)n1. The Morgan fingerprint density at radius 3 is 2.75 bits per heavy atom. The minimum atomic E-state index is -1.65. The molecule has 3 heterocycles. The molecule has 0 aromatic carbocycles. The smallest absolute Gasteiger partial charge is 0.240 e. The van der Waals surface area contributed by atoms with E-state index < -0.39 is 17.6 Å². The Morgan fingerprint density at radius 1 is 1.39 bits per heavy atom. The molecule has 2 aromatic heterocycles. The Kier molecular flexibility index (Phi) is 5.47. The number of aryl methyl sites for hydroxylation is 1. The van der Waals surface area contributed by atoms with Gasteiger partial charge in [-0.25, -0.2) is 19.3 Å². The second kappa shape index (κ2) is 7.54. The molecule has 1 saturated heterocycles. The van der Waals surface area contributed by atoms with Crippen LogP contribution in [0.3, 0.4) is 0 Å². The van der Waals surface area contributed by atoms with Crippen molar-refractivity contribution in [2.45, 2.75) is 52.2 Å². The zero-order valence-electron chi connectivity index (χ0n) is 16.4. The number of hydrogen-bond acceptors (Lipinski definition) is 6. The molecule has 9 heteroatoms. The molecule has 0 saturated carbocycles. The van der Waals surface area contributed by atoms with Crippen molar-refractivity contribution < 1.29 is 14.0 Å². The molecule has 2 N–H and O–H groups in total. The van der Waals surface area contributed by atoms with E-state index in [4.69, 9.17) is 5.73 Å². The van der Waals surface area contributed by atoms with Crippen LogP contribution in [0, 0.1) is 12.8 Å². The largest absolute Gasteiger partial charge is 0.368 e. The summed E-state index contributed by atoms with van der Waals surface area (Å²) in [6.45, 7) is 7.08. The number of halogens is 1. The van der Waals surface area contributed by atoms with Gasteiger partial charge in [0.1, 0.15) is 11.0 Å². The molecule has 2 aromatic rings. The normalized spacial score (nSPS) is 19.8. The van der Waals surface area contributed by atoms with Crippen LogP contribution >= 0.6 is 11.3 Å². The highest BCUT2D eigenvalue weighted by Crippen LogP contribution is 2.31. The number of thiazole rings is 1. The zero-order valence-corrected chi connectivity index (χ0v) is 17.2. The summed E-state index contributed by atoms with van der Waals surface area (Å²) >= 11 is 1.34. The molecule has 1 fully saturated rings. The third-order valence-electron chi connectivity index (χ3n) is 4.88. The first kappa shape index (κ1) is 20.3. The summed E-state index contributed by atoms with van der Waals surface area (Å²) in [6.07, 6.45) is 2.37. The van der Waals surface area contributed by atoms with Crippen molar-refractivity contribution in [2.24, 2.45) is 11.7 Å². The molecular weight excluding hydrogens is 381 g/mol. The summed E-state index contributed by atoms with van der Waals surface area (Å²) in [7, 11) is 0. The van der Waals surface area contributed by atoms with Crippen molar-refractivity contribution in [3.05, 3.63) is 28.8 Å². The molecule has 1 aliphatic rings. The molecule has 28 heavy (non-hydrogen) atoms. The Hall–Kier alpha value is -2.42. The van der Waals surface area contributed by atoms with Gasteiger partial charge in [-0.1, -0.05) is 6.92 Å². The molecule has 2 atom stereocenters. The monoisotopic (exact) mass is 405 g/mol. The Balaban J connectivity index is 1.82. The van der Waals surface area contributed by atoms with Gasteiger partial charge < -0.3 is 10.6 Å². The summed E-state index contributed by atoms with van der Waals surface area (Å²) in [4.78, 5) is 39.6. The molecule has 150 valence electrons. The lowest BCUT2D eigenvalue weighted by molar-refractivity contribution is -0.137. The van der Waals surface area contributed by atoms with Gasteiger partial charge in [-0.2, -0.15) is 0 Å². The molecular formula is C19H24FN5O2S. The van der Waals surface area contributed by atoms with Crippen molar-refractivity contribution >= 4 is 23.2 Å². The van der Waals surface area contributed by atoms with Gasteiger partial charge in [-0.15, -0.1) is 11.3 Å². The molecule has 0 radical (unpaired) electrons. The van der Waals surface area contributed by atoms with E-state index in [-0.39, 0.29) is 24.1 Å². The molecule has 0 unspecified atom stereocenters. The van der Waals surface area contributed by atoms with Gasteiger partial charge in [0.2, 0.25) is 11.8 Å². The van der Waals surface area contributed by atoms with Crippen LogP contribution in [0.4, 0.5) is 4.39 Å². The highest BCUT2D eigenvalue weighted by molar-refractivity contribution is 7.15. The summed E-state index contributed by atoms with van der Waals surface area (Å²) < 4.78 is 14.2. The molecule has 0 aliphatic carbocycles. The van der Waals surface area contributed by atoms with E-state index in [0.717, 1.165) is 17.0 Å². The summed E-state index contributed by atoms with van der Waals surface area (Å²) in [6, 6.07) is 1.14. The second-order valence-corrected chi connectivity index (χ2v) is 8.72. The van der Waals surface area contributed by atoms with Crippen LogP contribution in [-0.4, -0.2) is 44.3 Å². The van der Waals surface area contributed by atoms with Crippen LogP contribution < -0.4 is 5.73 Å². The quantitative estimate of drug-likeness (QED) is 0.823. The topological polar surface area (TPSA) is 102 Å². The lowest BCUT2D eigenvalue weighted by Gasteiger charge is -2.23. The predicted octanol–water partition coefficient (Wildman–Crippen LogP) is 2.38. The van der Waals surface area contributed by atoms with Gasteiger partial charge in [0.05, 0.1) is 22.7 Å². The third-order valence-corrected chi connectivity index (χ3v) is 6.06. The Morgan fingerprint density at radius 2 is 2.11 bits per heavy atom. The van der Waals surface area contributed by atoms with E-state index >= 15 is 0 Å². The van der Waals surface area contributed by atoms with E-state index in [1.807, 2.05) is 13.8 Å². The standard InChI is InChI=1S/C19H24FN5O2S/c1-10-6-8-25(15(10)17(21)27)14(26)9-13-23-11(2)16(28-13)12-5-7-22-18(24-12)19(3,4)20/h5,7,10,15H,6,8-9H2,1-4H3,(H2,21,27)/t10-,15+/m1/s1. The summed E-state index contributed by atoms with van der Waals surface area (Å²) in [5, 5.41) is 0.625. The van der Waals surface area contributed by atoms with Crippen LogP contribution in [0.1, 0.15) is 43.7 Å². The number of nitrogens with zero attached hydrogens (tertiary/aromatic N) is 4. The minimum absolute atomic E-state index is 0.0542. The van der Waals surface area contributed by atoms with Crippen molar-refractivity contribution in [1.82, 2.24) is 19.9 Å². The number of carbonyl (C=O) groups is 2. The fourth-order valence-corrected chi connectivity index (χ4v) is 4.45. The third kappa shape index (κ3) is 4.04. The number of nitrogens with two attached hydrogens (primary N) is 1. The summed E-state index contributed by atoms with van der Waals surface area (Å²) in [5.74, 6) is -0.484. The number of primary amides is 1. The average molecular weight is 405 g/mol. The van der Waals surface area contributed by atoms with E-state index in [1.54, 1.807) is 11.0 Å². The molecule has 2 amide bonds. The summed E-state index contributed by atoms with van der Waals surface area (Å²) in [5.41, 5.74) is 5.12. The first-order valence-electron chi connectivity index (χ1n) is 9.16. The number of amides is 2. The van der Waals surface area contributed by atoms with Crippen LogP contribution in [0.25, 0.3) is 10.6 Å². The minimum Gasteiger partial charge on any atom is -0.368 e. The first-order valence-corrected chi connectivity index (χ1v) is 9.97. The van der Waals surface area contributed by atoms with Crippen molar-refractivity contribution in [2.75, 3.05) is 6.54 Å². The highest BCUT2D eigenvalue weighted by Gasteiger charge is 2.38. The number of aromatic nitrogens is 3. The van der Waals surface area contributed by atoms with Crippen LogP contribution in [0.2, 0.25) is 0 Å². The highest BCUT2D eigenvalue weighted by atomic mass is 32.1. The number of rotatable bonds is 5. The number of hydrogen-bond donors (Lipinski definition) is 1. The first-order chi connectivity index (χ1) is 13.1. The zero-order chi connectivity index (χ0) is 20.6. The van der Waals surface area contributed by atoms with E-state index in [9.17, 15) is 14.0 Å². The average Bonchev–Trinajstić information content (AvgIpc) is 3.17. The maximum atomic E-state index is 14.2. The van der Waals surface area contributed by atoms with Gasteiger partial charge in [0.15, 0.2) is 11.5 Å². The van der Waals surface area contributed by atoms with Crippen molar-refractivity contribution in [3.63, 3.8) is 0 Å².